The fourth-order valence-electron chi connectivity index (χ4n) is 4.17. The third-order valence-corrected chi connectivity index (χ3v) is 6.27. The lowest BCUT2D eigenvalue weighted by molar-refractivity contribution is -0.148. The van der Waals surface area contributed by atoms with Crippen molar-refractivity contribution >= 4 is 11.9 Å². The summed E-state index contributed by atoms with van der Waals surface area (Å²) in [4.78, 5) is 29.3. The molecule has 0 saturated heterocycles. The van der Waals surface area contributed by atoms with E-state index < -0.39 is 0 Å². The first-order chi connectivity index (χ1) is 19.6. The molecule has 1 aromatic heterocycles. The summed E-state index contributed by atoms with van der Waals surface area (Å²) in [5.41, 5.74) is 3.40. The highest BCUT2D eigenvalue weighted by molar-refractivity contribution is 5.94. The molecule has 40 heavy (non-hydrogen) atoms. The smallest absolute Gasteiger partial charge is 0.309 e. The molecule has 1 heterocycles. The number of esters is 1. The van der Waals surface area contributed by atoms with E-state index in [0.717, 1.165) is 22.6 Å². The number of rotatable bonds is 14. The van der Waals surface area contributed by atoms with Gasteiger partial charge in [-0.25, -0.2) is 0 Å². The summed E-state index contributed by atoms with van der Waals surface area (Å²) < 4.78 is 16.9. The molecule has 7 nitrogen and oxygen atoms in total. The highest BCUT2D eigenvalue weighted by Gasteiger charge is 2.20. The molecule has 7 heteroatoms. The van der Waals surface area contributed by atoms with Crippen LogP contribution in [0.2, 0.25) is 0 Å². The molecular formula is C33H34N2O5. The molecule has 4 aromatic rings. The van der Waals surface area contributed by atoms with Gasteiger partial charge in [-0.05, 0) is 73.9 Å². The second kappa shape index (κ2) is 15.1. The molecule has 206 valence electrons. The first kappa shape index (κ1) is 28.4. The predicted molar refractivity (Wildman–Crippen MR) is 154 cm³/mol. The van der Waals surface area contributed by atoms with E-state index in [0.29, 0.717) is 50.5 Å². The maximum absolute atomic E-state index is 12.5. The fraction of sp³-hybridized carbons (Fsp3) is 0.242. The number of carbonyl (C=O) groups is 2. The zero-order chi connectivity index (χ0) is 28.0. The summed E-state index contributed by atoms with van der Waals surface area (Å²) in [6.07, 6.45) is 2.84. The Labute approximate surface area is 235 Å². The van der Waals surface area contributed by atoms with E-state index >= 15 is 0 Å². The van der Waals surface area contributed by atoms with Crippen molar-refractivity contribution in [2.45, 2.75) is 19.8 Å². The molecule has 4 rings (SSSR count). The Kier molecular flexibility index (Phi) is 10.7. The Morgan fingerprint density at radius 1 is 0.800 bits per heavy atom. The lowest BCUT2D eigenvalue weighted by Gasteiger charge is -2.16. The number of aromatic nitrogens is 1. The SMILES string of the molecule is CCOC(=O)C(CCOc1ccccc1)Cc1ccc(OCCNC(=O)c2ccc(-c3ccccn3)cc2)cc1. The van der Waals surface area contributed by atoms with Gasteiger partial charge >= 0.3 is 5.97 Å². The molecule has 0 aliphatic carbocycles. The minimum Gasteiger partial charge on any atom is -0.494 e. The van der Waals surface area contributed by atoms with Crippen LogP contribution in [0.4, 0.5) is 0 Å². The zero-order valence-electron chi connectivity index (χ0n) is 22.6. The fourth-order valence-corrected chi connectivity index (χ4v) is 4.17. The van der Waals surface area contributed by atoms with Crippen molar-refractivity contribution < 1.29 is 23.8 Å². The van der Waals surface area contributed by atoms with Gasteiger partial charge in [-0.2, -0.15) is 0 Å². The van der Waals surface area contributed by atoms with Crippen LogP contribution in [0.5, 0.6) is 11.5 Å². The van der Waals surface area contributed by atoms with Crippen LogP contribution < -0.4 is 14.8 Å². The lowest BCUT2D eigenvalue weighted by Crippen LogP contribution is -2.28. The summed E-state index contributed by atoms with van der Waals surface area (Å²) in [5.74, 6) is 0.789. The van der Waals surface area contributed by atoms with E-state index in [1.54, 1.807) is 18.3 Å². The highest BCUT2D eigenvalue weighted by atomic mass is 16.5. The van der Waals surface area contributed by atoms with E-state index in [4.69, 9.17) is 14.2 Å². The molecule has 1 atom stereocenters. The Balaban J connectivity index is 1.21. The van der Waals surface area contributed by atoms with Gasteiger partial charge in [-0.15, -0.1) is 0 Å². The van der Waals surface area contributed by atoms with Crippen LogP contribution in [0.25, 0.3) is 11.3 Å². The van der Waals surface area contributed by atoms with Gasteiger partial charge in [0.25, 0.3) is 5.91 Å². The summed E-state index contributed by atoms with van der Waals surface area (Å²) in [5, 5.41) is 2.88. The number of nitrogens with one attached hydrogen (secondary N) is 1. The number of nitrogens with zero attached hydrogens (tertiary/aromatic N) is 1. The van der Waals surface area contributed by atoms with Crippen molar-refractivity contribution in [3.8, 4) is 22.8 Å². The third kappa shape index (κ3) is 8.70. The number of hydrogen-bond acceptors (Lipinski definition) is 6. The molecule has 0 spiro atoms. The van der Waals surface area contributed by atoms with Crippen molar-refractivity contribution in [3.63, 3.8) is 0 Å². The van der Waals surface area contributed by atoms with Gasteiger partial charge in [-0.1, -0.05) is 48.5 Å². The van der Waals surface area contributed by atoms with Crippen molar-refractivity contribution in [1.82, 2.24) is 10.3 Å². The average Bonchev–Trinajstić information content (AvgIpc) is 3.00. The quantitative estimate of drug-likeness (QED) is 0.163. The minimum absolute atomic E-state index is 0.159. The minimum atomic E-state index is -0.302. The first-order valence-electron chi connectivity index (χ1n) is 13.5. The van der Waals surface area contributed by atoms with Crippen molar-refractivity contribution in [1.29, 1.82) is 0 Å². The van der Waals surface area contributed by atoms with Crippen LogP contribution in [-0.2, 0) is 16.0 Å². The summed E-state index contributed by atoms with van der Waals surface area (Å²) in [7, 11) is 0. The number of carbonyl (C=O) groups excluding carboxylic acids is 2. The average molecular weight is 539 g/mol. The van der Waals surface area contributed by atoms with E-state index in [9.17, 15) is 9.59 Å². The van der Waals surface area contributed by atoms with Crippen LogP contribution in [0.3, 0.4) is 0 Å². The number of para-hydroxylation sites is 1. The number of pyridine rings is 1. The van der Waals surface area contributed by atoms with E-state index in [1.807, 2.05) is 91.9 Å². The van der Waals surface area contributed by atoms with Gasteiger partial charge < -0.3 is 19.5 Å². The van der Waals surface area contributed by atoms with Crippen LogP contribution in [0.1, 0.15) is 29.3 Å². The molecule has 0 bridgehead atoms. The molecule has 1 amide bonds. The summed E-state index contributed by atoms with van der Waals surface area (Å²) in [6.45, 7) is 3.28. The lowest BCUT2D eigenvalue weighted by atomic mass is 9.96. The van der Waals surface area contributed by atoms with Gasteiger partial charge in [0, 0.05) is 17.3 Å². The summed E-state index contributed by atoms with van der Waals surface area (Å²) in [6, 6.07) is 30.3. The topological polar surface area (TPSA) is 86.8 Å². The summed E-state index contributed by atoms with van der Waals surface area (Å²) >= 11 is 0. The van der Waals surface area contributed by atoms with Gasteiger partial charge in [0.1, 0.15) is 18.1 Å². The highest BCUT2D eigenvalue weighted by Crippen LogP contribution is 2.20. The van der Waals surface area contributed by atoms with Crippen molar-refractivity contribution in [3.05, 3.63) is 114 Å². The predicted octanol–water partition coefficient (Wildman–Crippen LogP) is 5.75. The number of amides is 1. The van der Waals surface area contributed by atoms with Crippen LogP contribution in [0, 0.1) is 5.92 Å². The molecule has 1 N–H and O–H groups in total. The third-order valence-electron chi connectivity index (χ3n) is 6.27. The first-order valence-corrected chi connectivity index (χ1v) is 13.5. The monoisotopic (exact) mass is 538 g/mol. The maximum Gasteiger partial charge on any atom is 0.309 e. The molecule has 3 aromatic carbocycles. The zero-order valence-corrected chi connectivity index (χ0v) is 22.6. The maximum atomic E-state index is 12.5. The number of ether oxygens (including phenoxy) is 3. The van der Waals surface area contributed by atoms with Crippen LogP contribution in [-0.4, -0.2) is 43.2 Å². The van der Waals surface area contributed by atoms with Gasteiger partial charge in [0.2, 0.25) is 0 Å². The molecule has 0 saturated carbocycles. The second-order valence-corrected chi connectivity index (χ2v) is 9.14. The van der Waals surface area contributed by atoms with Gasteiger partial charge in [0.15, 0.2) is 0 Å². The van der Waals surface area contributed by atoms with E-state index in [2.05, 4.69) is 10.3 Å². The molecule has 0 fully saturated rings. The number of benzene rings is 3. The van der Waals surface area contributed by atoms with Crippen molar-refractivity contribution in [2.24, 2.45) is 5.92 Å². The van der Waals surface area contributed by atoms with Crippen LogP contribution >= 0.6 is 0 Å². The van der Waals surface area contributed by atoms with Crippen LogP contribution in [0.15, 0.2) is 103 Å². The Hall–Kier alpha value is -4.65. The Morgan fingerprint density at radius 3 is 2.20 bits per heavy atom. The van der Waals surface area contributed by atoms with Crippen molar-refractivity contribution in [2.75, 3.05) is 26.4 Å². The van der Waals surface area contributed by atoms with E-state index in [1.165, 1.54) is 0 Å². The van der Waals surface area contributed by atoms with Gasteiger partial charge in [0.05, 0.1) is 31.4 Å². The standard InChI is InChI=1S/C33H34N2O5/c1-2-38-33(37)28(19-22-39-29-8-4-3-5-9-29)24-25-11-17-30(18-12-25)40-23-21-35-32(36)27-15-13-26(14-16-27)31-10-6-7-20-34-31/h3-18,20,28H,2,19,21-24H2,1H3,(H,35,36). The molecule has 0 radical (unpaired) electrons. The molecule has 1 unspecified atom stereocenters. The number of hydrogen-bond donors (Lipinski definition) is 1. The molecule has 0 aliphatic rings. The van der Waals surface area contributed by atoms with Gasteiger partial charge in [-0.3, -0.25) is 14.6 Å². The molecule has 0 aliphatic heterocycles. The molecular weight excluding hydrogens is 504 g/mol. The second-order valence-electron chi connectivity index (χ2n) is 9.14. The largest absolute Gasteiger partial charge is 0.494 e. The Bertz CT molecular complexity index is 1330. The Morgan fingerprint density at radius 2 is 1.50 bits per heavy atom. The normalized spacial score (nSPS) is 11.3. The van der Waals surface area contributed by atoms with E-state index in [-0.39, 0.29) is 17.8 Å².